The molecule has 7 nitrogen and oxygen atoms in total. The van der Waals surface area contributed by atoms with Crippen molar-refractivity contribution in [2.45, 2.75) is 13.3 Å². The number of rotatable bonds is 7. The zero-order valence-corrected chi connectivity index (χ0v) is 12.5. The molecule has 0 unspecified atom stereocenters. The summed E-state index contributed by atoms with van der Waals surface area (Å²) >= 11 is 0. The van der Waals surface area contributed by atoms with Gasteiger partial charge in [-0.25, -0.2) is 0 Å². The van der Waals surface area contributed by atoms with E-state index in [0.717, 1.165) is 63.0 Å². The molecular formula is C13H26N6O. The lowest BCUT2D eigenvalue weighted by atomic mass is 10.3. The molecule has 4 N–H and O–H groups in total. The Kier molecular flexibility index (Phi) is 5.22. The van der Waals surface area contributed by atoms with Gasteiger partial charge in [0.2, 0.25) is 0 Å². The molecule has 0 aromatic carbocycles. The fraction of sp³-hybridized carbons (Fsp3) is 0.769. The summed E-state index contributed by atoms with van der Waals surface area (Å²) in [6.07, 6.45) is 1.07. The van der Waals surface area contributed by atoms with E-state index in [2.05, 4.69) is 20.2 Å². The molecule has 1 saturated heterocycles. The topological polar surface area (TPSA) is 82.6 Å². The number of nitrogens with one attached hydrogen (secondary N) is 1. The van der Waals surface area contributed by atoms with Crippen molar-refractivity contribution in [1.29, 1.82) is 0 Å². The number of aryl methyl sites for hydroxylation is 2. The van der Waals surface area contributed by atoms with Crippen molar-refractivity contribution in [3.8, 4) is 0 Å². The van der Waals surface area contributed by atoms with E-state index < -0.39 is 0 Å². The molecule has 7 heteroatoms. The molecule has 0 radical (unpaired) electrons. The minimum atomic E-state index is 0.245. The second-order valence-corrected chi connectivity index (χ2v) is 5.35. The SMILES string of the molecule is Cc1nn(C)c(NCCCN2CCN(CCO)C2)c1N. The van der Waals surface area contributed by atoms with E-state index in [1.807, 2.05) is 14.0 Å². The van der Waals surface area contributed by atoms with Crippen molar-refractivity contribution in [2.24, 2.45) is 7.05 Å². The van der Waals surface area contributed by atoms with Gasteiger partial charge in [-0.05, 0) is 13.3 Å². The smallest absolute Gasteiger partial charge is 0.147 e. The van der Waals surface area contributed by atoms with Gasteiger partial charge in [-0.2, -0.15) is 5.10 Å². The predicted molar refractivity (Wildman–Crippen MR) is 80.6 cm³/mol. The molecule has 0 bridgehead atoms. The fourth-order valence-electron chi connectivity index (χ4n) is 2.61. The van der Waals surface area contributed by atoms with E-state index in [1.54, 1.807) is 4.68 Å². The van der Waals surface area contributed by atoms with Gasteiger partial charge in [0.1, 0.15) is 5.82 Å². The highest BCUT2D eigenvalue weighted by atomic mass is 16.3. The number of anilines is 2. The van der Waals surface area contributed by atoms with Crippen LogP contribution in [0.4, 0.5) is 11.5 Å². The molecule has 0 amide bonds. The molecule has 114 valence electrons. The minimum Gasteiger partial charge on any atom is -0.395 e. The Balaban J connectivity index is 1.67. The third-order valence-corrected chi connectivity index (χ3v) is 3.76. The number of hydrogen-bond acceptors (Lipinski definition) is 6. The molecule has 1 fully saturated rings. The van der Waals surface area contributed by atoms with E-state index >= 15 is 0 Å². The van der Waals surface area contributed by atoms with Crippen LogP contribution in [-0.2, 0) is 7.05 Å². The van der Waals surface area contributed by atoms with Gasteiger partial charge in [0, 0.05) is 39.8 Å². The van der Waals surface area contributed by atoms with Crippen LogP contribution in [0, 0.1) is 6.92 Å². The summed E-state index contributed by atoms with van der Waals surface area (Å²) in [6.45, 7) is 8.00. The molecule has 1 aliphatic rings. The number of aliphatic hydroxyl groups is 1. The van der Waals surface area contributed by atoms with Gasteiger partial charge in [0.15, 0.2) is 0 Å². The molecule has 1 aliphatic heterocycles. The van der Waals surface area contributed by atoms with Gasteiger partial charge in [-0.1, -0.05) is 0 Å². The molecule has 0 atom stereocenters. The van der Waals surface area contributed by atoms with Crippen molar-refractivity contribution >= 4 is 11.5 Å². The zero-order chi connectivity index (χ0) is 14.5. The van der Waals surface area contributed by atoms with Gasteiger partial charge in [-0.15, -0.1) is 0 Å². The summed E-state index contributed by atoms with van der Waals surface area (Å²) in [4.78, 5) is 4.69. The first-order chi connectivity index (χ1) is 9.61. The van der Waals surface area contributed by atoms with Crippen molar-refractivity contribution in [3.63, 3.8) is 0 Å². The highest BCUT2D eigenvalue weighted by Crippen LogP contribution is 2.20. The van der Waals surface area contributed by atoms with Gasteiger partial charge < -0.3 is 16.2 Å². The zero-order valence-electron chi connectivity index (χ0n) is 12.5. The van der Waals surface area contributed by atoms with E-state index in [-0.39, 0.29) is 6.61 Å². The number of nitrogens with zero attached hydrogens (tertiary/aromatic N) is 4. The largest absolute Gasteiger partial charge is 0.395 e. The quantitative estimate of drug-likeness (QED) is 0.595. The van der Waals surface area contributed by atoms with Crippen LogP contribution in [-0.4, -0.2) is 70.7 Å². The Morgan fingerprint density at radius 2 is 2.00 bits per heavy atom. The Bertz CT molecular complexity index is 433. The molecule has 1 aromatic heterocycles. The number of β-amino-alcohol motifs (C(OH)–C–C–N with tert-alkyl or cyclic N) is 1. The van der Waals surface area contributed by atoms with Crippen molar-refractivity contribution in [1.82, 2.24) is 19.6 Å². The lowest BCUT2D eigenvalue weighted by molar-refractivity contribution is 0.192. The number of nitrogen functional groups attached to an aromatic ring is 1. The number of aliphatic hydroxyl groups excluding tert-OH is 1. The van der Waals surface area contributed by atoms with Gasteiger partial charge in [0.25, 0.3) is 0 Å². The van der Waals surface area contributed by atoms with Crippen LogP contribution < -0.4 is 11.1 Å². The summed E-state index contributed by atoms with van der Waals surface area (Å²) in [5.41, 5.74) is 7.58. The van der Waals surface area contributed by atoms with Gasteiger partial charge >= 0.3 is 0 Å². The monoisotopic (exact) mass is 282 g/mol. The maximum absolute atomic E-state index is 8.92. The molecule has 0 aliphatic carbocycles. The first-order valence-corrected chi connectivity index (χ1v) is 7.20. The van der Waals surface area contributed by atoms with E-state index in [9.17, 15) is 0 Å². The maximum atomic E-state index is 8.92. The van der Waals surface area contributed by atoms with E-state index in [0.29, 0.717) is 0 Å². The van der Waals surface area contributed by atoms with Gasteiger partial charge in [0.05, 0.1) is 24.7 Å². The molecule has 20 heavy (non-hydrogen) atoms. The molecule has 1 aromatic rings. The molecular weight excluding hydrogens is 256 g/mol. The summed E-state index contributed by atoms with van der Waals surface area (Å²) in [5, 5.41) is 16.6. The maximum Gasteiger partial charge on any atom is 0.147 e. The number of nitrogens with two attached hydrogens (primary N) is 1. The summed E-state index contributed by atoms with van der Waals surface area (Å²) in [6, 6.07) is 0. The van der Waals surface area contributed by atoms with Crippen LogP contribution >= 0.6 is 0 Å². The summed E-state index contributed by atoms with van der Waals surface area (Å²) in [7, 11) is 1.90. The van der Waals surface area contributed by atoms with E-state index in [4.69, 9.17) is 10.8 Å². The lowest BCUT2D eigenvalue weighted by Gasteiger charge is -2.17. The second-order valence-electron chi connectivity index (χ2n) is 5.35. The third kappa shape index (κ3) is 3.62. The fourth-order valence-corrected chi connectivity index (χ4v) is 2.61. The van der Waals surface area contributed by atoms with Gasteiger partial charge in [-0.3, -0.25) is 14.5 Å². The Morgan fingerprint density at radius 1 is 1.30 bits per heavy atom. The Morgan fingerprint density at radius 3 is 2.60 bits per heavy atom. The average molecular weight is 282 g/mol. The second kappa shape index (κ2) is 6.92. The normalized spacial score (nSPS) is 16.9. The van der Waals surface area contributed by atoms with Crippen molar-refractivity contribution in [3.05, 3.63) is 5.69 Å². The summed E-state index contributed by atoms with van der Waals surface area (Å²) in [5.74, 6) is 0.908. The highest BCUT2D eigenvalue weighted by Gasteiger charge is 2.18. The van der Waals surface area contributed by atoms with Crippen molar-refractivity contribution in [2.75, 3.05) is 57.0 Å². The van der Waals surface area contributed by atoms with Crippen LogP contribution in [0.15, 0.2) is 0 Å². The standard InChI is InChI=1S/C13H26N6O/c1-11-12(14)13(17(2)16-11)15-4-3-5-18-6-7-19(10-18)8-9-20/h15,20H,3-10,14H2,1-2H3. The van der Waals surface area contributed by atoms with Crippen LogP contribution in [0.5, 0.6) is 0 Å². The lowest BCUT2D eigenvalue weighted by Crippen LogP contribution is -2.29. The molecule has 2 heterocycles. The van der Waals surface area contributed by atoms with Crippen molar-refractivity contribution < 1.29 is 5.11 Å². The van der Waals surface area contributed by atoms with Crippen LogP contribution in [0.1, 0.15) is 12.1 Å². The van der Waals surface area contributed by atoms with Crippen LogP contribution in [0.25, 0.3) is 0 Å². The Hall–Kier alpha value is -1.31. The number of hydrogen-bond donors (Lipinski definition) is 3. The average Bonchev–Trinajstić information content (AvgIpc) is 2.94. The predicted octanol–water partition coefficient (Wildman–Crippen LogP) is -0.320. The first kappa shape index (κ1) is 15.1. The summed E-state index contributed by atoms with van der Waals surface area (Å²) < 4.78 is 1.80. The minimum absolute atomic E-state index is 0.245. The van der Waals surface area contributed by atoms with Crippen LogP contribution in [0.3, 0.4) is 0 Å². The molecule has 2 rings (SSSR count). The number of aromatic nitrogens is 2. The van der Waals surface area contributed by atoms with E-state index in [1.165, 1.54) is 0 Å². The first-order valence-electron chi connectivity index (χ1n) is 7.20. The molecule has 0 saturated carbocycles. The highest BCUT2D eigenvalue weighted by molar-refractivity contribution is 5.64. The molecule has 0 spiro atoms. The third-order valence-electron chi connectivity index (χ3n) is 3.76. The van der Waals surface area contributed by atoms with Crippen LogP contribution in [0.2, 0.25) is 0 Å². The Labute approximate surface area is 120 Å².